The normalized spacial score (nSPS) is 10.1. The number of carbonyl (C=O) groups excluding carboxylic acids is 1. The number of carboxylic acid groups (broad SMARTS) is 1. The van der Waals surface area contributed by atoms with E-state index in [0.29, 0.717) is 11.3 Å². The van der Waals surface area contributed by atoms with Gasteiger partial charge in [-0.3, -0.25) is 14.9 Å². The Morgan fingerprint density at radius 3 is 2.43 bits per heavy atom. The molecule has 0 aliphatic heterocycles. The minimum absolute atomic E-state index is 0.0864. The fraction of sp³-hybridized carbons (Fsp3) is 0.0769. The number of hydrogen-bond donors (Lipinski definition) is 2. The first-order valence-corrected chi connectivity index (χ1v) is 5.78. The van der Waals surface area contributed by atoms with Gasteiger partial charge in [0.25, 0.3) is 11.6 Å². The molecule has 0 saturated carbocycles. The van der Waals surface area contributed by atoms with E-state index in [-0.39, 0.29) is 17.2 Å². The molecule has 1 amide bonds. The van der Waals surface area contributed by atoms with Gasteiger partial charge in [0.05, 0.1) is 4.92 Å². The van der Waals surface area contributed by atoms with Crippen LogP contribution in [0.25, 0.3) is 0 Å². The number of benzene rings is 1. The Labute approximate surface area is 118 Å². The van der Waals surface area contributed by atoms with Gasteiger partial charge in [-0.2, -0.15) is 0 Å². The standard InChI is InChI=1S/C13H10N2O6/c1-7-6-8(15(19)20)2-3-9(7)14-12(16)10-4-5-11(21-10)13(17)18/h2-6H,1H3,(H,14,16)(H,17,18). The van der Waals surface area contributed by atoms with E-state index >= 15 is 0 Å². The second kappa shape index (κ2) is 5.45. The molecule has 21 heavy (non-hydrogen) atoms. The lowest BCUT2D eigenvalue weighted by molar-refractivity contribution is -0.384. The van der Waals surface area contributed by atoms with Crippen molar-refractivity contribution in [1.29, 1.82) is 0 Å². The summed E-state index contributed by atoms with van der Waals surface area (Å²) < 4.78 is 4.86. The van der Waals surface area contributed by atoms with Crippen molar-refractivity contribution in [3.05, 3.63) is 57.5 Å². The molecule has 8 heteroatoms. The zero-order chi connectivity index (χ0) is 15.6. The smallest absolute Gasteiger partial charge is 0.371 e. The Kier molecular flexibility index (Phi) is 3.70. The summed E-state index contributed by atoms with van der Waals surface area (Å²) in [5, 5.41) is 21.8. The van der Waals surface area contributed by atoms with Crippen molar-refractivity contribution in [3.8, 4) is 0 Å². The number of nitrogens with one attached hydrogen (secondary N) is 1. The van der Waals surface area contributed by atoms with E-state index in [1.165, 1.54) is 30.3 Å². The van der Waals surface area contributed by atoms with Crippen LogP contribution in [-0.2, 0) is 0 Å². The van der Waals surface area contributed by atoms with Gasteiger partial charge in [0.1, 0.15) is 0 Å². The maximum absolute atomic E-state index is 11.9. The molecule has 0 saturated heterocycles. The minimum Gasteiger partial charge on any atom is -0.475 e. The van der Waals surface area contributed by atoms with E-state index in [0.717, 1.165) is 0 Å². The van der Waals surface area contributed by atoms with E-state index in [2.05, 4.69) is 5.32 Å². The van der Waals surface area contributed by atoms with E-state index in [1.54, 1.807) is 6.92 Å². The molecule has 8 nitrogen and oxygen atoms in total. The Balaban J connectivity index is 2.19. The molecular weight excluding hydrogens is 280 g/mol. The summed E-state index contributed by atoms with van der Waals surface area (Å²) in [5.41, 5.74) is 0.790. The first-order chi connectivity index (χ1) is 9.88. The zero-order valence-electron chi connectivity index (χ0n) is 10.8. The summed E-state index contributed by atoms with van der Waals surface area (Å²) in [7, 11) is 0. The molecule has 1 heterocycles. The number of furan rings is 1. The van der Waals surface area contributed by atoms with Crippen LogP contribution in [0.1, 0.15) is 26.7 Å². The molecule has 0 aliphatic rings. The van der Waals surface area contributed by atoms with Crippen LogP contribution in [0.4, 0.5) is 11.4 Å². The lowest BCUT2D eigenvalue weighted by atomic mass is 10.2. The first-order valence-electron chi connectivity index (χ1n) is 5.78. The van der Waals surface area contributed by atoms with Crippen molar-refractivity contribution in [2.75, 3.05) is 5.32 Å². The number of hydrogen-bond acceptors (Lipinski definition) is 5. The Bertz CT molecular complexity index is 734. The van der Waals surface area contributed by atoms with Gasteiger partial charge in [-0.15, -0.1) is 0 Å². The molecule has 0 bridgehead atoms. The Morgan fingerprint density at radius 1 is 1.24 bits per heavy atom. The fourth-order valence-electron chi connectivity index (χ4n) is 1.66. The predicted octanol–water partition coefficient (Wildman–Crippen LogP) is 2.45. The molecule has 2 N–H and O–H groups in total. The van der Waals surface area contributed by atoms with Gasteiger partial charge in [-0.05, 0) is 30.7 Å². The van der Waals surface area contributed by atoms with Crippen LogP contribution in [0.5, 0.6) is 0 Å². The van der Waals surface area contributed by atoms with E-state index in [9.17, 15) is 19.7 Å². The summed E-state index contributed by atoms with van der Waals surface area (Å²) in [6.07, 6.45) is 0. The molecule has 1 aromatic heterocycles. The van der Waals surface area contributed by atoms with Gasteiger partial charge in [0.2, 0.25) is 5.76 Å². The quantitative estimate of drug-likeness (QED) is 0.658. The molecule has 0 radical (unpaired) electrons. The molecule has 0 atom stereocenters. The van der Waals surface area contributed by atoms with Crippen molar-refractivity contribution < 1.29 is 24.0 Å². The monoisotopic (exact) mass is 290 g/mol. The highest BCUT2D eigenvalue weighted by Gasteiger charge is 2.16. The third-order valence-corrected chi connectivity index (χ3v) is 2.71. The largest absolute Gasteiger partial charge is 0.475 e. The van der Waals surface area contributed by atoms with Gasteiger partial charge < -0.3 is 14.8 Å². The molecule has 2 rings (SSSR count). The number of carbonyl (C=O) groups is 2. The summed E-state index contributed by atoms with van der Waals surface area (Å²) in [6.45, 7) is 1.60. The van der Waals surface area contributed by atoms with Crippen molar-refractivity contribution in [1.82, 2.24) is 0 Å². The van der Waals surface area contributed by atoms with Crippen molar-refractivity contribution >= 4 is 23.3 Å². The molecule has 2 aromatic rings. The summed E-state index contributed by atoms with van der Waals surface area (Å²) in [6, 6.07) is 6.37. The third-order valence-electron chi connectivity index (χ3n) is 2.71. The van der Waals surface area contributed by atoms with Crippen LogP contribution in [0, 0.1) is 17.0 Å². The SMILES string of the molecule is Cc1cc([N+](=O)[O-])ccc1NC(=O)c1ccc(C(=O)O)o1. The van der Waals surface area contributed by atoms with Crippen LogP contribution >= 0.6 is 0 Å². The zero-order valence-corrected chi connectivity index (χ0v) is 10.8. The number of aromatic carboxylic acids is 1. The van der Waals surface area contributed by atoms with Crippen molar-refractivity contribution in [2.45, 2.75) is 6.92 Å². The Morgan fingerprint density at radius 2 is 1.90 bits per heavy atom. The number of nitrogens with zero attached hydrogens (tertiary/aromatic N) is 1. The molecule has 1 aromatic carbocycles. The summed E-state index contributed by atoms with van der Waals surface area (Å²) in [4.78, 5) is 32.6. The Hall–Kier alpha value is -3.16. The maximum Gasteiger partial charge on any atom is 0.371 e. The lowest BCUT2D eigenvalue weighted by Crippen LogP contribution is -2.12. The number of anilines is 1. The van der Waals surface area contributed by atoms with Crippen LogP contribution in [-0.4, -0.2) is 21.9 Å². The second-order valence-corrected chi connectivity index (χ2v) is 4.18. The van der Waals surface area contributed by atoms with Gasteiger partial charge in [-0.25, -0.2) is 4.79 Å². The van der Waals surface area contributed by atoms with Gasteiger partial charge in [0.15, 0.2) is 5.76 Å². The molecule has 0 aliphatic carbocycles. The average molecular weight is 290 g/mol. The number of rotatable bonds is 4. The molecule has 0 spiro atoms. The van der Waals surface area contributed by atoms with Crippen molar-refractivity contribution in [3.63, 3.8) is 0 Å². The third kappa shape index (κ3) is 3.06. The highest BCUT2D eigenvalue weighted by atomic mass is 16.6. The number of aryl methyl sites for hydroxylation is 1. The minimum atomic E-state index is -1.28. The van der Waals surface area contributed by atoms with E-state index in [4.69, 9.17) is 9.52 Å². The van der Waals surface area contributed by atoms with E-state index < -0.39 is 16.8 Å². The topological polar surface area (TPSA) is 123 Å². The van der Waals surface area contributed by atoms with Gasteiger partial charge in [-0.1, -0.05) is 0 Å². The average Bonchev–Trinajstić information content (AvgIpc) is 2.90. The number of non-ortho nitro benzene ring substituents is 1. The maximum atomic E-state index is 11.9. The lowest BCUT2D eigenvalue weighted by Gasteiger charge is -2.06. The van der Waals surface area contributed by atoms with Gasteiger partial charge in [0, 0.05) is 17.8 Å². The number of amides is 1. The molecule has 108 valence electrons. The van der Waals surface area contributed by atoms with E-state index in [1.807, 2.05) is 0 Å². The fourth-order valence-corrected chi connectivity index (χ4v) is 1.66. The van der Waals surface area contributed by atoms with Crippen LogP contribution in [0.15, 0.2) is 34.7 Å². The predicted molar refractivity (Wildman–Crippen MR) is 71.5 cm³/mol. The molecule has 0 fully saturated rings. The second-order valence-electron chi connectivity index (χ2n) is 4.18. The number of nitro benzene ring substituents is 1. The highest BCUT2D eigenvalue weighted by Crippen LogP contribution is 2.22. The first kappa shape index (κ1) is 14.3. The van der Waals surface area contributed by atoms with Crippen molar-refractivity contribution in [2.24, 2.45) is 0 Å². The highest BCUT2D eigenvalue weighted by molar-refractivity contribution is 6.03. The molecule has 0 unspecified atom stereocenters. The molecular formula is C13H10N2O6. The summed E-state index contributed by atoms with van der Waals surface area (Å²) in [5.74, 6) is -2.43. The van der Waals surface area contributed by atoms with Crippen LogP contribution in [0.2, 0.25) is 0 Å². The van der Waals surface area contributed by atoms with Gasteiger partial charge >= 0.3 is 5.97 Å². The number of nitro groups is 1. The summed E-state index contributed by atoms with van der Waals surface area (Å²) >= 11 is 0. The number of carboxylic acids is 1. The van der Waals surface area contributed by atoms with Crippen LogP contribution < -0.4 is 5.32 Å². The van der Waals surface area contributed by atoms with Crippen LogP contribution in [0.3, 0.4) is 0 Å².